The van der Waals surface area contributed by atoms with Crippen LogP contribution in [0.25, 0.3) is 0 Å². The minimum Gasteiger partial charge on any atom is -0.491 e. The van der Waals surface area contributed by atoms with Crippen LogP contribution in [0, 0.1) is 13.8 Å². The molecule has 25 heavy (non-hydrogen) atoms. The van der Waals surface area contributed by atoms with E-state index < -0.39 is 6.10 Å². The first-order valence-corrected chi connectivity index (χ1v) is 8.88. The lowest BCUT2D eigenvalue weighted by Gasteiger charge is -2.36. The molecule has 1 N–H and O–H groups in total. The third-order valence-electron chi connectivity index (χ3n) is 4.59. The van der Waals surface area contributed by atoms with Gasteiger partial charge in [0.25, 0.3) is 0 Å². The van der Waals surface area contributed by atoms with E-state index >= 15 is 0 Å². The average Bonchev–Trinajstić information content (AvgIpc) is 2.64. The summed E-state index contributed by atoms with van der Waals surface area (Å²) in [5.41, 5.74) is 2.27. The molecule has 5 heteroatoms. The van der Waals surface area contributed by atoms with Gasteiger partial charge >= 0.3 is 0 Å². The second-order valence-corrected chi connectivity index (χ2v) is 6.71. The van der Waals surface area contributed by atoms with E-state index in [1.54, 1.807) is 0 Å². The Kier molecular flexibility index (Phi) is 5.89. The zero-order valence-electron chi connectivity index (χ0n) is 15.1. The van der Waals surface area contributed by atoms with E-state index in [9.17, 15) is 5.11 Å². The highest BCUT2D eigenvalue weighted by Gasteiger charge is 2.20. The number of aryl methyl sites for hydroxylation is 2. The lowest BCUT2D eigenvalue weighted by atomic mass is 10.1. The van der Waals surface area contributed by atoms with Crippen LogP contribution in [0.1, 0.15) is 11.1 Å². The Morgan fingerprint density at radius 2 is 1.92 bits per heavy atom. The number of ether oxygens (including phenoxy) is 1. The maximum Gasteiger partial charge on any atom is 0.128 e. The Labute approximate surface area is 149 Å². The van der Waals surface area contributed by atoms with Crippen LogP contribution in [0.2, 0.25) is 0 Å². The van der Waals surface area contributed by atoms with Gasteiger partial charge in [0.05, 0.1) is 0 Å². The number of β-amino-alcohol motifs (C(OH)–C–C–N with tert-alkyl or cyclic N) is 1. The minimum atomic E-state index is -0.485. The average molecular weight is 341 g/mol. The van der Waals surface area contributed by atoms with E-state index in [2.05, 4.69) is 20.9 Å². The number of pyridine rings is 1. The number of nitrogens with zero attached hydrogens (tertiary/aromatic N) is 3. The molecule has 1 aromatic heterocycles. The molecule has 5 nitrogen and oxygen atoms in total. The van der Waals surface area contributed by atoms with Crippen molar-refractivity contribution in [1.29, 1.82) is 0 Å². The van der Waals surface area contributed by atoms with Gasteiger partial charge in [0.1, 0.15) is 24.3 Å². The second-order valence-electron chi connectivity index (χ2n) is 6.71. The zero-order chi connectivity index (χ0) is 17.6. The Hall–Kier alpha value is -2.11. The molecule has 1 aliphatic rings. The molecule has 0 amide bonds. The van der Waals surface area contributed by atoms with Gasteiger partial charge in [0.15, 0.2) is 0 Å². The summed E-state index contributed by atoms with van der Waals surface area (Å²) in [6.45, 7) is 8.75. The fraction of sp³-hybridized carbons (Fsp3) is 0.450. The molecular weight excluding hydrogens is 314 g/mol. The van der Waals surface area contributed by atoms with Crippen molar-refractivity contribution in [1.82, 2.24) is 9.88 Å². The highest BCUT2D eigenvalue weighted by molar-refractivity contribution is 5.38. The van der Waals surface area contributed by atoms with Crippen molar-refractivity contribution >= 4 is 5.82 Å². The lowest BCUT2D eigenvalue weighted by Crippen LogP contribution is -2.49. The van der Waals surface area contributed by atoms with Crippen molar-refractivity contribution in [3.63, 3.8) is 0 Å². The molecule has 1 aromatic carbocycles. The van der Waals surface area contributed by atoms with Crippen LogP contribution in [0.15, 0.2) is 42.6 Å². The number of anilines is 1. The molecule has 1 fully saturated rings. The van der Waals surface area contributed by atoms with Crippen molar-refractivity contribution in [2.45, 2.75) is 20.0 Å². The number of aliphatic hydroxyl groups excluding tert-OH is 1. The SMILES string of the molecule is Cc1ccc(C)c(OC[C@H](O)CN2CCN(c3ccccn3)CC2)c1. The van der Waals surface area contributed by atoms with Gasteiger partial charge in [-0.1, -0.05) is 18.2 Å². The molecule has 1 aliphatic heterocycles. The van der Waals surface area contributed by atoms with E-state index in [4.69, 9.17) is 4.74 Å². The summed E-state index contributed by atoms with van der Waals surface area (Å²) in [5.74, 6) is 1.89. The van der Waals surface area contributed by atoms with E-state index in [0.29, 0.717) is 13.2 Å². The standard InChI is InChI=1S/C20H27N3O2/c1-16-6-7-17(2)19(13-16)25-15-18(24)14-22-9-11-23(12-10-22)20-5-3-4-8-21-20/h3-8,13,18,24H,9-12,14-15H2,1-2H3/t18-/m1/s1. The second kappa shape index (κ2) is 8.32. The van der Waals surface area contributed by atoms with Gasteiger partial charge in [0, 0.05) is 38.9 Å². The van der Waals surface area contributed by atoms with Crippen LogP contribution in [-0.4, -0.2) is 60.4 Å². The van der Waals surface area contributed by atoms with Crippen LogP contribution in [-0.2, 0) is 0 Å². The Morgan fingerprint density at radius 1 is 1.12 bits per heavy atom. The molecule has 1 atom stereocenters. The predicted octanol–water partition coefficient (Wildman–Crippen LogP) is 2.26. The fourth-order valence-corrected chi connectivity index (χ4v) is 3.10. The quantitative estimate of drug-likeness (QED) is 0.873. The van der Waals surface area contributed by atoms with Crippen LogP contribution in [0.5, 0.6) is 5.75 Å². The van der Waals surface area contributed by atoms with Gasteiger partial charge in [-0.25, -0.2) is 4.98 Å². The van der Waals surface area contributed by atoms with Crippen molar-refractivity contribution in [2.24, 2.45) is 0 Å². The number of rotatable bonds is 6. The van der Waals surface area contributed by atoms with Gasteiger partial charge in [-0.3, -0.25) is 4.90 Å². The summed E-state index contributed by atoms with van der Waals surface area (Å²) in [7, 11) is 0. The van der Waals surface area contributed by atoms with Crippen LogP contribution < -0.4 is 9.64 Å². The molecule has 0 saturated carbocycles. The van der Waals surface area contributed by atoms with Crippen LogP contribution >= 0.6 is 0 Å². The third kappa shape index (κ3) is 4.94. The number of benzene rings is 1. The van der Waals surface area contributed by atoms with Gasteiger partial charge in [-0.05, 0) is 43.2 Å². The summed E-state index contributed by atoms with van der Waals surface area (Å²) in [6.07, 6.45) is 1.34. The molecule has 2 aromatic rings. The maximum atomic E-state index is 10.3. The van der Waals surface area contributed by atoms with Gasteiger partial charge in [0.2, 0.25) is 0 Å². The molecule has 1 saturated heterocycles. The first-order valence-electron chi connectivity index (χ1n) is 8.88. The van der Waals surface area contributed by atoms with Gasteiger partial charge in [-0.15, -0.1) is 0 Å². The van der Waals surface area contributed by atoms with Gasteiger partial charge in [-0.2, -0.15) is 0 Å². The third-order valence-corrected chi connectivity index (χ3v) is 4.59. The minimum absolute atomic E-state index is 0.324. The van der Waals surface area contributed by atoms with Crippen LogP contribution in [0.3, 0.4) is 0 Å². The van der Waals surface area contributed by atoms with Gasteiger partial charge < -0.3 is 14.7 Å². The first-order chi connectivity index (χ1) is 12.1. The summed E-state index contributed by atoms with van der Waals surface area (Å²) in [4.78, 5) is 8.98. The monoisotopic (exact) mass is 341 g/mol. The molecule has 0 bridgehead atoms. The molecule has 2 heterocycles. The Bertz CT molecular complexity index is 670. The number of aliphatic hydroxyl groups is 1. The molecule has 0 aliphatic carbocycles. The van der Waals surface area contributed by atoms with E-state index in [0.717, 1.165) is 43.3 Å². The van der Waals surface area contributed by atoms with E-state index in [-0.39, 0.29) is 0 Å². The fourth-order valence-electron chi connectivity index (χ4n) is 3.10. The number of hydrogen-bond donors (Lipinski definition) is 1. The number of aromatic nitrogens is 1. The first kappa shape index (κ1) is 17.7. The summed E-state index contributed by atoms with van der Waals surface area (Å²) in [6, 6.07) is 12.1. The summed E-state index contributed by atoms with van der Waals surface area (Å²) >= 11 is 0. The van der Waals surface area contributed by atoms with Crippen molar-refractivity contribution in [3.05, 3.63) is 53.7 Å². The topological polar surface area (TPSA) is 48.8 Å². The molecule has 0 radical (unpaired) electrons. The van der Waals surface area contributed by atoms with E-state index in [1.807, 2.05) is 50.4 Å². The van der Waals surface area contributed by atoms with Crippen LogP contribution in [0.4, 0.5) is 5.82 Å². The molecule has 3 rings (SSSR count). The van der Waals surface area contributed by atoms with Crippen molar-refractivity contribution in [2.75, 3.05) is 44.2 Å². The lowest BCUT2D eigenvalue weighted by molar-refractivity contribution is 0.0660. The Morgan fingerprint density at radius 3 is 2.64 bits per heavy atom. The van der Waals surface area contributed by atoms with Crippen molar-refractivity contribution < 1.29 is 9.84 Å². The highest BCUT2D eigenvalue weighted by atomic mass is 16.5. The molecule has 134 valence electrons. The predicted molar refractivity (Wildman–Crippen MR) is 100 cm³/mol. The highest BCUT2D eigenvalue weighted by Crippen LogP contribution is 2.19. The molecule has 0 unspecified atom stereocenters. The normalized spacial score (nSPS) is 16.7. The summed E-state index contributed by atoms with van der Waals surface area (Å²) < 4.78 is 5.81. The maximum absolute atomic E-state index is 10.3. The van der Waals surface area contributed by atoms with Crippen molar-refractivity contribution in [3.8, 4) is 5.75 Å². The van der Waals surface area contributed by atoms with E-state index in [1.165, 1.54) is 5.56 Å². The number of piperazine rings is 1. The smallest absolute Gasteiger partial charge is 0.128 e. The summed E-state index contributed by atoms with van der Waals surface area (Å²) in [5, 5.41) is 10.3. The molecular formula is C20H27N3O2. The molecule has 0 spiro atoms. The number of hydrogen-bond acceptors (Lipinski definition) is 5. The largest absolute Gasteiger partial charge is 0.491 e. The zero-order valence-corrected chi connectivity index (χ0v) is 15.1. The Balaban J connectivity index is 1.43.